The van der Waals surface area contributed by atoms with Crippen LogP contribution in [0.2, 0.25) is 0 Å². The van der Waals surface area contributed by atoms with Gasteiger partial charge in [0.1, 0.15) is 0 Å². The topological polar surface area (TPSA) is 122 Å². The molecule has 38 heavy (non-hydrogen) atoms. The number of Topliss-reactive ketones (excluding diaryl/α,β-unsaturated/α-hetero) is 1. The van der Waals surface area contributed by atoms with Crippen molar-refractivity contribution in [2.24, 2.45) is 0 Å². The van der Waals surface area contributed by atoms with Gasteiger partial charge in [0.15, 0.2) is 5.78 Å². The van der Waals surface area contributed by atoms with E-state index < -0.39 is 27.9 Å². The smallest absolute Gasteiger partial charge is 0.338 e. The van der Waals surface area contributed by atoms with E-state index in [2.05, 4.69) is 23.3 Å². The average Bonchev–Trinajstić information content (AvgIpc) is 3.31. The molecule has 200 valence electrons. The molecule has 0 bridgehead atoms. The molecule has 9 nitrogen and oxygen atoms in total. The number of hydrogen-bond donors (Lipinski definition) is 3. The minimum atomic E-state index is -3.94. The lowest BCUT2D eigenvalue weighted by Crippen LogP contribution is -2.44. The lowest BCUT2D eigenvalue weighted by atomic mass is 10.1. The number of ether oxygens (including phenoxy) is 1. The number of thiol groups is 1. The number of nitrogens with zero attached hydrogens (tertiary/aromatic N) is 1. The molecule has 0 aromatic heterocycles. The van der Waals surface area contributed by atoms with Crippen molar-refractivity contribution in [3.8, 4) is 0 Å². The molecule has 2 atom stereocenters. The number of ketones is 1. The number of esters is 1. The Bertz CT molecular complexity index is 1460. The molecule has 0 saturated carbocycles. The number of nitrogens with one attached hydrogen (secondary N) is 2. The molecule has 2 unspecified atom stereocenters. The Hall–Kier alpha value is -3.25. The number of hydrogen-bond acceptors (Lipinski definition) is 8. The molecule has 1 fully saturated rings. The monoisotopic (exact) mass is 555 g/mol. The summed E-state index contributed by atoms with van der Waals surface area (Å²) in [4.78, 5) is 37.4. The van der Waals surface area contributed by atoms with Crippen LogP contribution in [0, 0.1) is 0 Å². The van der Waals surface area contributed by atoms with Crippen molar-refractivity contribution in [2.75, 3.05) is 31.6 Å². The van der Waals surface area contributed by atoms with Crippen LogP contribution < -0.4 is 10.6 Å². The Labute approximate surface area is 227 Å². The van der Waals surface area contributed by atoms with Gasteiger partial charge in [-0.2, -0.15) is 16.9 Å². The van der Waals surface area contributed by atoms with Crippen molar-refractivity contribution in [2.45, 2.75) is 29.5 Å². The first-order valence-electron chi connectivity index (χ1n) is 12.2. The maximum absolute atomic E-state index is 13.5. The van der Waals surface area contributed by atoms with Gasteiger partial charge < -0.3 is 15.4 Å². The fraction of sp³-hybridized carbons (Fsp3) is 0.296. The SMILES string of the molecule is CCOC(=O)c1cccc(NC(=O)CNCC(=O)C2CC(S)CN2S(=O)(=O)c2ccc3ccccc3c2)c1. The number of benzene rings is 3. The van der Waals surface area contributed by atoms with Crippen molar-refractivity contribution >= 4 is 56.8 Å². The van der Waals surface area contributed by atoms with Crippen molar-refractivity contribution in [1.29, 1.82) is 0 Å². The summed E-state index contributed by atoms with van der Waals surface area (Å²) in [6, 6.07) is 17.8. The van der Waals surface area contributed by atoms with E-state index in [9.17, 15) is 22.8 Å². The number of sulfonamides is 1. The number of carbonyl (C=O) groups is 3. The number of anilines is 1. The van der Waals surface area contributed by atoms with Gasteiger partial charge in [-0.3, -0.25) is 9.59 Å². The van der Waals surface area contributed by atoms with E-state index in [0.717, 1.165) is 10.8 Å². The van der Waals surface area contributed by atoms with E-state index in [-0.39, 0.29) is 48.6 Å². The van der Waals surface area contributed by atoms with Crippen LogP contribution >= 0.6 is 12.6 Å². The lowest BCUT2D eigenvalue weighted by molar-refractivity contribution is -0.121. The number of rotatable bonds is 10. The first-order chi connectivity index (χ1) is 18.2. The van der Waals surface area contributed by atoms with E-state index in [0.29, 0.717) is 11.3 Å². The van der Waals surface area contributed by atoms with Gasteiger partial charge in [0, 0.05) is 17.5 Å². The number of fused-ring (bicyclic) bond motifs is 1. The molecule has 1 amide bonds. The Morgan fingerprint density at radius 3 is 2.53 bits per heavy atom. The second-order valence-corrected chi connectivity index (χ2v) is 11.5. The second-order valence-electron chi connectivity index (χ2n) is 8.91. The minimum Gasteiger partial charge on any atom is -0.462 e. The summed E-state index contributed by atoms with van der Waals surface area (Å²) in [6.45, 7) is 1.70. The highest BCUT2D eigenvalue weighted by molar-refractivity contribution is 7.89. The molecule has 0 radical (unpaired) electrons. The minimum absolute atomic E-state index is 0.117. The molecule has 0 aliphatic carbocycles. The van der Waals surface area contributed by atoms with Crippen molar-refractivity contribution in [3.05, 3.63) is 72.3 Å². The van der Waals surface area contributed by atoms with Gasteiger partial charge in [-0.05, 0) is 54.4 Å². The molecule has 1 saturated heterocycles. The molecule has 4 rings (SSSR count). The maximum Gasteiger partial charge on any atom is 0.338 e. The molecular formula is C27H29N3O6S2. The van der Waals surface area contributed by atoms with E-state index in [4.69, 9.17) is 4.74 Å². The summed E-state index contributed by atoms with van der Waals surface area (Å²) in [5.41, 5.74) is 0.720. The third-order valence-corrected chi connectivity index (χ3v) is 8.42. The first-order valence-corrected chi connectivity index (χ1v) is 14.1. The fourth-order valence-electron chi connectivity index (χ4n) is 4.37. The van der Waals surface area contributed by atoms with Gasteiger partial charge in [-0.15, -0.1) is 0 Å². The van der Waals surface area contributed by atoms with Crippen LogP contribution in [0.25, 0.3) is 10.8 Å². The Kier molecular flexibility index (Phi) is 8.83. The highest BCUT2D eigenvalue weighted by Gasteiger charge is 2.42. The quantitative estimate of drug-likeness (QED) is 0.260. The molecule has 0 spiro atoms. The Morgan fingerprint density at radius 2 is 1.76 bits per heavy atom. The van der Waals surface area contributed by atoms with Gasteiger partial charge in [-0.25, -0.2) is 13.2 Å². The highest BCUT2D eigenvalue weighted by atomic mass is 32.2. The van der Waals surface area contributed by atoms with Gasteiger partial charge >= 0.3 is 5.97 Å². The molecule has 3 aromatic carbocycles. The van der Waals surface area contributed by atoms with Gasteiger partial charge in [0.25, 0.3) is 0 Å². The summed E-state index contributed by atoms with van der Waals surface area (Å²) < 4.78 is 33.1. The van der Waals surface area contributed by atoms with E-state index in [1.54, 1.807) is 43.3 Å². The van der Waals surface area contributed by atoms with E-state index in [1.807, 2.05) is 24.3 Å². The van der Waals surface area contributed by atoms with Crippen LogP contribution in [0.3, 0.4) is 0 Å². The molecule has 1 aliphatic rings. The van der Waals surface area contributed by atoms with E-state index in [1.165, 1.54) is 10.4 Å². The summed E-state index contributed by atoms with van der Waals surface area (Å²) in [6.07, 6.45) is 0.281. The number of carbonyl (C=O) groups excluding carboxylic acids is 3. The summed E-state index contributed by atoms with van der Waals surface area (Å²) in [5, 5.41) is 6.88. The fourth-order valence-corrected chi connectivity index (χ4v) is 6.55. The molecule has 1 heterocycles. The lowest BCUT2D eigenvalue weighted by Gasteiger charge is -2.23. The van der Waals surface area contributed by atoms with Crippen molar-refractivity contribution in [3.63, 3.8) is 0 Å². The van der Waals surface area contributed by atoms with Gasteiger partial charge in [0.2, 0.25) is 15.9 Å². The normalized spacial score (nSPS) is 17.8. The van der Waals surface area contributed by atoms with Crippen LogP contribution in [0.5, 0.6) is 0 Å². The van der Waals surface area contributed by atoms with Crippen molar-refractivity contribution < 1.29 is 27.5 Å². The van der Waals surface area contributed by atoms with Crippen LogP contribution in [0.1, 0.15) is 23.7 Å². The first kappa shape index (κ1) is 27.8. The summed E-state index contributed by atoms with van der Waals surface area (Å²) >= 11 is 4.45. The summed E-state index contributed by atoms with van der Waals surface area (Å²) in [5.74, 6) is -1.25. The largest absolute Gasteiger partial charge is 0.462 e. The highest BCUT2D eigenvalue weighted by Crippen LogP contribution is 2.30. The maximum atomic E-state index is 13.5. The molecule has 11 heteroatoms. The zero-order chi connectivity index (χ0) is 27.3. The number of amides is 1. The predicted octanol–water partition coefficient (Wildman–Crippen LogP) is 2.88. The molecule has 3 aromatic rings. The zero-order valence-corrected chi connectivity index (χ0v) is 22.5. The standard InChI is InChI=1S/C27H29N3O6S2/c1-2-36-27(33)20-8-5-9-21(12-20)29-26(32)16-28-15-25(31)24-14-22(37)17-30(24)38(34,35)23-11-10-18-6-3-4-7-19(18)13-23/h3-13,22,24,28,37H,2,14-17H2,1H3,(H,29,32). The third-order valence-electron chi connectivity index (χ3n) is 6.18. The Morgan fingerprint density at radius 1 is 1.00 bits per heavy atom. The van der Waals surface area contributed by atoms with Crippen molar-refractivity contribution in [1.82, 2.24) is 9.62 Å². The Balaban J connectivity index is 1.36. The van der Waals surface area contributed by atoms with Crippen LogP contribution in [-0.4, -0.2) is 67.9 Å². The average molecular weight is 556 g/mol. The van der Waals surface area contributed by atoms with Gasteiger partial charge in [0.05, 0.1) is 36.2 Å². The summed E-state index contributed by atoms with van der Waals surface area (Å²) in [7, 11) is -3.94. The molecule has 1 aliphatic heterocycles. The third kappa shape index (κ3) is 6.41. The predicted molar refractivity (Wildman–Crippen MR) is 148 cm³/mol. The van der Waals surface area contributed by atoms with Crippen LogP contribution in [0.15, 0.2) is 71.6 Å². The second kappa shape index (κ2) is 12.1. The van der Waals surface area contributed by atoms with E-state index >= 15 is 0 Å². The van der Waals surface area contributed by atoms with Gasteiger partial charge in [-0.1, -0.05) is 36.4 Å². The van der Waals surface area contributed by atoms with Crippen LogP contribution in [0.4, 0.5) is 5.69 Å². The molecule has 2 N–H and O–H groups in total. The molecular weight excluding hydrogens is 526 g/mol. The zero-order valence-electron chi connectivity index (χ0n) is 20.8. The van der Waals surface area contributed by atoms with Crippen LogP contribution in [-0.2, 0) is 24.3 Å².